The van der Waals surface area contributed by atoms with Crippen molar-refractivity contribution in [3.8, 4) is 0 Å². The van der Waals surface area contributed by atoms with E-state index in [-0.39, 0.29) is 23.1 Å². The normalized spacial score (nSPS) is 25.1. The Labute approximate surface area is 137 Å². The van der Waals surface area contributed by atoms with Crippen LogP contribution in [0.15, 0.2) is 6.07 Å². The molecule has 23 heavy (non-hydrogen) atoms. The number of carbonyl (C=O) groups excluding carboxylic acids is 2. The zero-order valence-electron chi connectivity index (χ0n) is 14.4. The first-order chi connectivity index (χ1) is 10.9. The van der Waals surface area contributed by atoms with Crippen LogP contribution in [0.2, 0.25) is 0 Å². The van der Waals surface area contributed by atoms with Gasteiger partial charge in [-0.3, -0.25) is 14.3 Å². The molecule has 126 valence electrons. The summed E-state index contributed by atoms with van der Waals surface area (Å²) >= 11 is 0. The molecule has 1 fully saturated rings. The number of ketones is 1. The fourth-order valence-electron chi connectivity index (χ4n) is 4.01. The second-order valence-electron chi connectivity index (χ2n) is 8.00. The number of carbonyl (C=O) groups is 2. The molecule has 2 aliphatic rings. The molecule has 2 atom stereocenters. The molecule has 1 aromatic heterocycles. The molecule has 3 rings (SSSR count). The molecule has 1 aliphatic heterocycles. The second-order valence-corrected chi connectivity index (χ2v) is 8.00. The minimum absolute atomic E-state index is 0.0995. The number of Topliss-reactive ketones (excluding diaryl/α,β-unsaturated/α-hetero) is 1. The Morgan fingerprint density at radius 1 is 1.26 bits per heavy atom. The summed E-state index contributed by atoms with van der Waals surface area (Å²) in [6.07, 6.45) is 5.74. The second kappa shape index (κ2) is 6.10. The number of hydrogen-bond acceptors (Lipinski definition) is 3. The lowest BCUT2D eigenvalue weighted by molar-refractivity contribution is 0.0897. The van der Waals surface area contributed by atoms with Crippen molar-refractivity contribution in [1.29, 1.82) is 0 Å². The molecule has 2 unspecified atom stereocenters. The highest BCUT2D eigenvalue weighted by Gasteiger charge is 2.37. The van der Waals surface area contributed by atoms with Crippen molar-refractivity contribution in [2.75, 3.05) is 0 Å². The zero-order valence-corrected chi connectivity index (χ0v) is 14.4. The van der Waals surface area contributed by atoms with Crippen LogP contribution < -0.4 is 5.32 Å². The molecule has 1 aromatic rings. The maximum atomic E-state index is 12.6. The quantitative estimate of drug-likeness (QED) is 0.911. The fraction of sp³-hybridized carbons (Fsp3) is 0.722. The Kier molecular flexibility index (Phi) is 4.30. The molecule has 0 saturated heterocycles. The SMILES string of the molecule is CC(C)(C)C1CCCC1NC(=O)c1cc2n(n1)CCCCC2=O. The van der Waals surface area contributed by atoms with E-state index < -0.39 is 0 Å². The molecule has 0 spiro atoms. The van der Waals surface area contributed by atoms with Crippen LogP contribution in [0.5, 0.6) is 0 Å². The fourth-order valence-corrected chi connectivity index (χ4v) is 4.01. The Hall–Kier alpha value is -1.65. The van der Waals surface area contributed by atoms with Gasteiger partial charge < -0.3 is 5.32 Å². The lowest BCUT2D eigenvalue weighted by Crippen LogP contribution is -2.42. The van der Waals surface area contributed by atoms with Crippen LogP contribution >= 0.6 is 0 Å². The molecule has 0 aromatic carbocycles. The summed E-state index contributed by atoms with van der Waals surface area (Å²) in [5.41, 5.74) is 1.16. The van der Waals surface area contributed by atoms with Gasteiger partial charge in [-0.1, -0.05) is 27.2 Å². The van der Waals surface area contributed by atoms with E-state index in [4.69, 9.17) is 0 Å². The summed E-state index contributed by atoms with van der Waals surface area (Å²) in [4.78, 5) is 24.7. The Bertz CT molecular complexity index is 612. The van der Waals surface area contributed by atoms with Crippen molar-refractivity contribution in [3.05, 3.63) is 17.5 Å². The van der Waals surface area contributed by atoms with E-state index in [1.54, 1.807) is 10.7 Å². The Morgan fingerprint density at radius 3 is 2.78 bits per heavy atom. The van der Waals surface area contributed by atoms with E-state index in [0.717, 1.165) is 38.6 Å². The number of nitrogens with zero attached hydrogens (tertiary/aromatic N) is 2. The zero-order chi connectivity index (χ0) is 16.6. The van der Waals surface area contributed by atoms with Crippen LogP contribution in [-0.4, -0.2) is 27.5 Å². The van der Waals surface area contributed by atoms with Crippen molar-refractivity contribution in [1.82, 2.24) is 15.1 Å². The molecule has 1 N–H and O–H groups in total. The molecule has 5 nitrogen and oxygen atoms in total. The van der Waals surface area contributed by atoms with Crippen molar-refractivity contribution >= 4 is 11.7 Å². The average Bonchev–Trinajstić information content (AvgIpc) is 3.06. The number of aryl methyl sites for hydroxylation is 1. The summed E-state index contributed by atoms with van der Waals surface area (Å²) < 4.78 is 1.71. The van der Waals surface area contributed by atoms with Crippen molar-refractivity contribution < 1.29 is 9.59 Å². The summed E-state index contributed by atoms with van der Waals surface area (Å²) in [6, 6.07) is 1.88. The van der Waals surface area contributed by atoms with Gasteiger partial charge in [0.05, 0.1) is 0 Å². The maximum absolute atomic E-state index is 12.6. The molecule has 5 heteroatoms. The predicted octanol–water partition coefficient (Wildman–Crippen LogP) is 3.19. The lowest BCUT2D eigenvalue weighted by Gasteiger charge is -2.32. The summed E-state index contributed by atoms with van der Waals surface area (Å²) in [7, 11) is 0. The van der Waals surface area contributed by atoms with Gasteiger partial charge in [0.25, 0.3) is 5.91 Å². The van der Waals surface area contributed by atoms with E-state index in [1.165, 1.54) is 0 Å². The highest BCUT2D eigenvalue weighted by atomic mass is 16.2. The number of amides is 1. The molecular weight excluding hydrogens is 290 g/mol. The number of nitrogens with one attached hydrogen (secondary N) is 1. The maximum Gasteiger partial charge on any atom is 0.272 e. The standard InChI is InChI=1S/C18H27N3O2/c1-18(2,3)12-7-6-8-13(12)19-17(23)14-11-15-16(22)9-4-5-10-21(15)20-14/h11-13H,4-10H2,1-3H3,(H,19,23). The summed E-state index contributed by atoms with van der Waals surface area (Å²) in [5, 5.41) is 7.54. The van der Waals surface area contributed by atoms with Gasteiger partial charge in [-0.15, -0.1) is 0 Å². The van der Waals surface area contributed by atoms with Crippen molar-refractivity contribution in [3.63, 3.8) is 0 Å². The van der Waals surface area contributed by atoms with Crippen molar-refractivity contribution in [2.45, 2.75) is 71.9 Å². The first-order valence-electron chi connectivity index (χ1n) is 8.78. The van der Waals surface area contributed by atoms with Crippen LogP contribution in [0.4, 0.5) is 0 Å². The minimum atomic E-state index is -0.139. The third kappa shape index (κ3) is 3.33. The summed E-state index contributed by atoms with van der Waals surface area (Å²) in [5.74, 6) is 0.454. The van der Waals surface area contributed by atoms with E-state index in [0.29, 0.717) is 23.7 Å². The van der Waals surface area contributed by atoms with Crippen LogP contribution in [0, 0.1) is 11.3 Å². The van der Waals surface area contributed by atoms with Gasteiger partial charge >= 0.3 is 0 Å². The molecule has 2 heterocycles. The van der Waals surface area contributed by atoms with Gasteiger partial charge in [-0.05, 0) is 37.0 Å². The van der Waals surface area contributed by atoms with Crippen LogP contribution in [0.1, 0.15) is 80.3 Å². The molecule has 1 aliphatic carbocycles. The largest absolute Gasteiger partial charge is 0.348 e. The molecule has 0 bridgehead atoms. The predicted molar refractivity (Wildman–Crippen MR) is 88.5 cm³/mol. The van der Waals surface area contributed by atoms with Gasteiger partial charge in [-0.2, -0.15) is 5.10 Å². The average molecular weight is 317 g/mol. The Balaban J connectivity index is 1.74. The minimum Gasteiger partial charge on any atom is -0.348 e. The number of hydrogen-bond donors (Lipinski definition) is 1. The van der Waals surface area contributed by atoms with E-state index in [1.807, 2.05) is 0 Å². The molecule has 1 saturated carbocycles. The third-order valence-corrected chi connectivity index (χ3v) is 5.27. The number of fused-ring (bicyclic) bond motifs is 1. The van der Waals surface area contributed by atoms with E-state index in [9.17, 15) is 9.59 Å². The van der Waals surface area contributed by atoms with Gasteiger partial charge in [0.1, 0.15) is 5.69 Å². The van der Waals surface area contributed by atoms with Crippen LogP contribution in [-0.2, 0) is 6.54 Å². The topological polar surface area (TPSA) is 64.0 Å². The van der Waals surface area contributed by atoms with E-state index >= 15 is 0 Å². The van der Waals surface area contributed by atoms with Gasteiger partial charge in [-0.25, -0.2) is 0 Å². The number of rotatable bonds is 2. The number of aromatic nitrogens is 2. The smallest absolute Gasteiger partial charge is 0.272 e. The Morgan fingerprint density at radius 2 is 2.04 bits per heavy atom. The van der Waals surface area contributed by atoms with E-state index in [2.05, 4.69) is 31.2 Å². The first kappa shape index (κ1) is 16.2. The monoisotopic (exact) mass is 317 g/mol. The molecule has 1 amide bonds. The molecule has 0 radical (unpaired) electrons. The molecular formula is C18H27N3O2. The lowest BCUT2D eigenvalue weighted by atomic mass is 9.77. The van der Waals surface area contributed by atoms with Gasteiger partial charge in [0, 0.05) is 25.1 Å². The third-order valence-electron chi connectivity index (χ3n) is 5.27. The summed E-state index contributed by atoms with van der Waals surface area (Å²) in [6.45, 7) is 7.43. The first-order valence-corrected chi connectivity index (χ1v) is 8.78. The van der Waals surface area contributed by atoms with Gasteiger partial charge in [0.15, 0.2) is 11.5 Å². The van der Waals surface area contributed by atoms with Crippen LogP contribution in [0.25, 0.3) is 0 Å². The highest BCUT2D eigenvalue weighted by Crippen LogP contribution is 2.39. The van der Waals surface area contributed by atoms with Gasteiger partial charge in [0.2, 0.25) is 0 Å². The van der Waals surface area contributed by atoms with Crippen molar-refractivity contribution in [2.24, 2.45) is 11.3 Å². The van der Waals surface area contributed by atoms with Crippen LogP contribution in [0.3, 0.4) is 0 Å². The highest BCUT2D eigenvalue weighted by molar-refractivity contribution is 5.99.